The zero-order valence-corrected chi connectivity index (χ0v) is 12.4. The Kier molecular flexibility index (Phi) is 5.98. The molecular formula is C18H22N2O. The minimum Gasteiger partial charge on any atom is -0.355 e. The van der Waals surface area contributed by atoms with Crippen LogP contribution in [0.5, 0.6) is 0 Å². The molecule has 0 aliphatic heterocycles. The highest BCUT2D eigenvalue weighted by molar-refractivity contribution is 5.77. The number of amides is 1. The standard InChI is InChI=1S/C18H22N2O/c1-2-12-20-18(21)14-19-13-15-8-10-17(11-9-15)16-6-4-3-5-7-16/h3-11,19H,2,12-14H2,1H3,(H,20,21). The van der Waals surface area contributed by atoms with Crippen LogP contribution in [-0.2, 0) is 11.3 Å². The maximum atomic E-state index is 11.5. The molecular weight excluding hydrogens is 260 g/mol. The molecule has 3 nitrogen and oxygen atoms in total. The number of hydrogen-bond acceptors (Lipinski definition) is 2. The van der Waals surface area contributed by atoms with Gasteiger partial charge in [0.05, 0.1) is 6.54 Å². The summed E-state index contributed by atoms with van der Waals surface area (Å²) in [6.07, 6.45) is 0.965. The molecule has 0 saturated heterocycles. The minimum atomic E-state index is 0.0535. The maximum absolute atomic E-state index is 11.5. The molecule has 0 radical (unpaired) electrons. The Morgan fingerprint density at radius 3 is 2.29 bits per heavy atom. The monoisotopic (exact) mass is 282 g/mol. The van der Waals surface area contributed by atoms with Crippen LogP contribution in [-0.4, -0.2) is 19.0 Å². The molecule has 3 heteroatoms. The van der Waals surface area contributed by atoms with E-state index in [9.17, 15) is 4.79 Å². The van der Waals surface area contributed by atoms with Crippen LogP contribution < -0.4 is 10.6 Å². The van der Waals surface area contributed by atoms with E-state index in [1.54, 1.807) is 0 Å². The summed E-state index contributed by atoms with van der Waals surface area (Å²) >= 11 is 0. The third-order valence-corrected chi connectivity index (χ3v) is 3.25. The number of carbonyl (C=O) groups is 1. The quantitative estimate of drug-likeness (QED) is 0.819. The van der Waals surface area contributed by atoms with Crippen molar-refractivity contribution < 1.29 is 4.79 Å². The van der Waals surface area contributed by atoms with Crippen LogP contribution >= 0.6 is 0 Å². The Balaban J connectivity index is 1.82. The second-order valence-corrected chi connectivity index (χ2v) is 5.02. The van der Waals surface area contributed by atoms with Crippen molar-refractivity contribution >= 4 is 5.91 Å². The average Bonchev–Trinajstić information content (AvgIpc) is 2.54. The normalized spacial score (nSPS) is 10.3. The van der Waals surface area contributed by atoms with Crippen LogP contribution in [0.1, 0.15) is 18.9 Å². The van der Waals surface area contributed by atoms with Crippen LogP contribution in [0.2, 0.25) is 0 Å². The average molecular weight is 282 g/mol. The predicted octanol–water partition coefficient (Wildman–Crippen LogP) is 2.97. The van der Waals surface area contributed by atoms with E-state index in [0.29, 0.717) is 13.1 Å². The van der Waals surface area contributed by atoms with E-state index in [-0.39, 0.29) is 5.91 Å². The van der Waals surface area contributed by atoms with E-state index >= 15 is 0 Å². The number of hydrogen-bond donors (Lipinski definition) is 2. The molecule has 2 N–H and O–H groups in total. The van der Waals surface area contributed by atoms with Gasteiger partial charge in [-0.15, -0.1) is 0 Å². The molecule has 0 unspecified atom stereocenters. The molecule has 0 atom stereocenters. The van der Waals surface area contributed by atoms with Crippen LogP contribution in [0.15, 0.2) is 54.6 Å². The van der Waals surface area contributed by atoms with Gasteiger partial charge in [-0.1, -0.05) is 61.5 Å². The van der Waals surface area contributed by atoms with E-state index in [1.807, 2.05) is 25.1 Å². The second-order valence-electron chi connectivity index (χ2n) is 5.02. The molecule has 0 saturated carbocycles. The van der Waals surface area contributed by atoms with Crippen LogP contribution in [0.3, 0.4) is 0 Å². The van der Waals surface area contributed by atoms with Crippen molar-refractivity contribution in [1.29, 1.82) is 0 Å². The topological polar surface area (TPSA) is 41.1 Å². The van der Waals surface area contributed by atoms with Crippen molar-refractivity contribution in [2.75, 3.05) is 13.1 Å². The van der Waals surface area contributed by atoms with Gasteiger partial charge in [-0.25, -0.2) is 0 Å². The SMILES string of the molecule is CCCNC(=O)CNCc1ccc(-c2ccccc2)cc1. The summed E-state index contributed by atoms with van der Waals surface area (Å²) in [6, 6.07) is 18.7. The lowest BCUT2D eigenvalue weighted by Gasteiger charge is -2.07. The molecule has 0 aliphatic carbocycles. The summed E-state index contributed by atoms with van der Waals surface area (Å²) in [5, 5.41) is 6.01. The highest BCUT2D eigenvalue weighted by atomic mass is 16.1. The molecule has 21 heavy (non-hydrogen) atoms. The molecule has 0 aromatic heterocycles. The van der Waals surface area contributed by atoms with Crippen LogP contribution in [0, 0.1) is 0 Å². The molecule has 2 aromatic carbocycles. The smallest absolute Gasteiger partial charge is 0.233 e. The van der Waals surface area contributed by atoms with Crippen molar-refractivity contribution in [2.45, 2.75) is 19.9 Å². The lowest BCUT2D eigenvalue weighted by atomic mass is 10.0. The fraction of sp³-hybridized carbons (Fsp3) is 0.278. The lowest BCUT2D eigenvalue weighted by molar-refractivity contribution is -0.120. The first-order chi connectivity index (χ1) is 10.3. The first-order valence-corrected chi connectivity index (χ1v) is 7.41. The van der Waals surface area contributed by atoms with Gasteiger partial charge in [-0.3, -0.25) is 4.79 Å². The molecule has 2 aromatic rings. The van der Waals surface area contributed by atoms with Gasteiger partial charge in [0.15, 0.2) is 0 Å². The summed E-state index contributed by atoms with van der Waals surface area (Å²) in [4.78, 5) is 11.5. The number of nitrogens with one attached hydrogen (secondary N) is 2. The zero-order chi connectivity index (χ0) is 14.9. The first-order valence-electron chi connectivity index (χ1n) is 7.41. The van der Waals surface area contributed by atoms with Crippen molar-refractivity contribution in [3.05, 3.63) is 60.2 Å². The zero-order valence-electron chi connectivity index (χ0n) is 12.4. The highest BCUT2D eigenvalue weighted by Crippen LogP contribution is 2.18. The molecule has 0 fully saturated rings. The summed E-state index contributed by atoms with van der Waals surface area (Å²) < 4.78 is 0. The van der Waals surface area contributed by atoms with Crippen molar-refractivity contribution in [2.24, 2.45) is 0 Å². The third-order valence-electron chi connectivity index (χ3n) is 3.25. The Morgan fingerprint density at radius 2 is 1.62 bits per heavy atom. The Morgan fingerprint density at radius 1 is 0.952 bits per heavy atom. The van der Waals surface area contributed by atoms with Gasteiger partial charge in [0, 0.05) is 13.1 Å². The summed E-state index contributed by atoms with van der Waals surface area (Å²) in [5.41, 5.74) is 3.61. The van der Waals surface area contributed by atoms with Gasteiger partial charge in [-0.2, -0.15) is 0 Å². The molecule has 110 valence electrons. The first kappa shape index (κ1) is 15.3. The minimum absolute atomic E-state index is 0.0535. The van der Waals surface area contributed by atoms with E-state index in [4.69, 9.17) is 0 Å². The summed E-state index contributed by atoms with van der Waals surface area (Å²) in [6.45, 7) is 3.85. The summed E-state index contributed by atoms with van der Waals surface area (Å²) in [7, 11) is 0. The van der Waals surface area contributed by atoms with Gasteiger partial charge >= 0.3 is 0 Å². The van der Waals surface area contributed by atoms with Gasteiger partial charge < -0.3 is 10.6 Å². The van der Waals surface area contributed by atoms with Gasteiger partial charge in [-0.05, 0) is 23.1 Å². The van der Waals surface area contributed by atoms with Crippen molar-refractivity contribution in [1.82, 2.24) is 10.6 Å². The number of carbonyl (C=O) groups excluding carboxylic acids is 1. The Bertz CT molecular complexity index is 549. The maximum Gasteiger partial charge on any atom is 0.233 e. The second kappa shape index (κ2) is 8.22. The largest absolute Gasteiger partial charge is 0.355 e. The Labute approximate surface area is 126 Å². The van der Waals surface area contributed by atoms with Gasteiger partial charge in [0.25, 0.3) is 0 Å². The van der Waals surface area contributed by atoms with E-state index in [1.165, 1.54) is 16.7 Å². The fourth-order valence-electron chi connectivity index (χ4n) is 2.09. The van der Waals surface area contributed by atoms with Crippen molar-refractivity contribution in [3.8, 4) is 11.1 Å². The van der Waals surface area contributed by atoms with E-state index < -0.39 is 0 Å². The molecule has 2 rings (SSSR count). The predicted molar refractivity (Wildman–Crippen MR) is 86.9 cm³/mol. The number of rotatable bonds is 7. The third kappa shape index (κ3) is 5.04. The molecule has 0 heterocycles. The Hall–Kier alpha value is -2.13. The fourth-order valence-corrected chi connectivity index (χ4v) is 2.09. The molecule has 1 amide bonds. The van der Waals surface area contributed by atoms with Crippen LogP contribution in [0.4, 0.5) is 0 Å². The van der Waals surface area contributed by atoms with Crippen molar-refractivity contribution in [3.63, 3.8) is 0 Å². The van der Waals surface area contributed by atoms with Crippen LogP contribution in [0.25, 0.3) is 11.1 Å². The summed E-state index contributed by atoms with van der Waals surface area (Å²) in [5.74, 6) is 0.0535. The molecule has 0 spiro atoms. The van der Waals surface area contributed by atoms with Gasteiger partial charge in [0.1, 0.15) is 0 Å². The van der Waals surface area contributed by atoms with E-state index in [2.05, 4.69) is 47.0 Å². The number of benzene rings is 2. The molecule has 0 bridgehead atoms. The van der Waals surface area contributed by atoms with Gasteiger partial charge in [0.2, 0.25) is 5.91 Å². The highest BCUT2D eigenvalue weighted by Gasteiger charge is 2.00. The molecule has 0 aliphatic rings. The lowest BCUT2D eigenvalue weighted by Crippen LogP contribution is -2.33. The van der Waals surface area contributed by atoms with E-state index in [0.717, 1.165) is 13.0 Å².